The molecule has 3 aliphatic carbocycles. The maximum absolute atomic E-state index is 12.3. The van der Waals surface area contributed by atoms with Gasteiger partial charge >= 0.3 is 0 Å². The van der Waals surface area contributed by atoms with Crippen molar-refractivity contribution in [3.05, 3.63) is 11.1 Å². The molecule has 0 bridgehead atoms. The molecular weight excluding hydrogens is 264 g/mol. The summed E-state index contributed by atoms with van der Waals surface area (Å²) >= 11 is 0. The van der Waals surface area contributed by atoms with E-state index in [1.165, 1.54) is 5.57 Å². The molecule has 3 rings (SSSR count). The van der Waals surface area contributed by atoms with Gasteiger partial charge in [0.05, 0.1) is 0 Å². The molecule has 3 aliphatic rings. The number of carbonyl (C=O) groups excluding carboxylic acids is 3. The van der Waals surface area contributed by atoms with Crippen LogP contribution in [-0.4, -0.2) is 17.3 Å². The second-order valence-corrected chi connectivity index (χ2v) is 7.26. The zero-order valence-corrected chi connectivity index (χ0v) is 13.0. The standard InChI is InChI=1S/C18H24O3/c1-11(19)3-4-14-12-9-10-18(2)15(6-8-17(18)21)13(12)5-7-16(14)20/h13,15H,3-10H2,1-2H3/t13?,15-,18-/m0/s1. The number of rotatable bonds is 3. The largest absolute Gasteiger partial charge is 0.300 e. The molecule has 0 heterocycles. The monoisotopic (exact) mass is 288 g/mol. The first-order chi connectivity index (χ1) is 9.93. The summed E-state index contributed by atoms with van der Waals surface area (Å²) in [6, 6.07) is 0. The molecule has 0 saturated heterocycles. The third-order valence-corrected chi connectivity index (χ3v) is 6.12. The summed E-state index contributed by atoms with van der Waals surface area (Å²) in [4.78, 5) is 35.8. The predicted molar refractivity (Wildman–Crippen MR) is 79.7 cm³/mol. The van der Waals surface area contributed by atoms with Gasteiger partial charge in [0.2, 0.25) is 0 Å². The highest BCUT2D eigenvalue weighted by atomic mass is 16.1. The molecule has 21 heavy (non-hydrogen) atoms. The van der Waals surface area contributed by atoms with Gasteiger partial charge in [-0.25, -0.2) is 0 Å². The molecule has 0 aromatic heterocycles. The van der Waals surface area contributed by atoms with Crippen LogP contribution in [0.3, 0.4) is 0 Å². The third-order valence-electron chi connectivity index (χ3n) is 6.12. The number of hydrogen-bond donors (Lipinski definition) is 0. The highest BCUT2D eigenvalue weighted by molar-refractivity contribution is 5.98. The van der Waals surface area contributed by atoms with Crippen LogP contribution in [-0.2, 0) is 14.4 Å². The smallest absolute Gasteiger partial charge is 0.158 e. The van der Waals surface area contributed by atoms with E-state index in [0.717, 1.165) is 31.3 Å². The molecule has 0 N–H and O–H groups in total. The Hall–Kier alpha value is -1.25. The highest BCUT2D eigenvalue weighted by Crippen LogP contribution is 2.57. The van der Waals surface area contributed by atoms with Crippen LogP contribution < -0.4 is 0 Å². The van der Waals surface area contributed by atoms with Gasteiger partial charge in [0, 0.05) is 24.7 Å². The number of hydrogen-bond acceptors (Lipinski definition) is 3. The first-order valence-electron chi connectivity index (χ1n) is 8.21. The fourth-order valence-electron chi connectivity index (χ4n) is 4.86. The fourth-order valence-corrected chi connectivity index (χ4v) is 4.86. The molecule has 0 amide bonds. The Labute approximate surface area is 126 Å². The molecule has 2 saturated carbocycles. The molecule has 0 radical (unpaired) electrons. The molecule has 0 spiro atoms. The van der Waals surface area contributed by atoms with Gasteiger partial charge in [-0.15, -0.1) is 0 Å². The minimum Gasteiger partial charge on any atom is -0.300 e. The van der Waals surface area contributed by atoms with Crippen molar-refractivity contribution in [2.24, 2.45) is 17.3 Å². The number of Topliss-reactive ketones (excluding diaryl/α,β-unsaturated/α-hetero) is 3. The number of allylic oxidation sites excluding steroid dienone is 2. The first kappa shape index (κ1) is 14.7. The zero-order chi connectivity index (χ0) is 15.2. The molecular formula is C18H24O3. The van der Waals surface area contributed by atoms with E-state index in [4.69, 9.17) is 0 Å². The number of fused-ring (bicyclic) bond motifs is 3. The van der Waals surface area contributed by atoms with E-state index >= 15 is 0 Å². The van der Waals surface area contributed by atoms with Crippen molar-refractivity contribution in [3.8, 4) is 0 Å². The summed E-state index contributed by atoms with van der Waals surface area (Å²) in [7, 11) is 0. The van der Waals surface area contributed by atoms with Gasteiger partial charge in [0.1, 0.15) is 11.6 Å². The lowest BCUT2D eigenvalue weighted by Gasteiger charge is -2.45. The molecule has 3 heteroatoms. The van der Waals surface area contributed by atoms with E-state index < -0.39 is 0 Å². The van der Waals surface area contributed by atoms with Crippen LogP contribution in [0.25, 0.3) is 0 Å². The number of ketones is 3. The Bertz CT molecular complexity index is 543. The summed E-state index contributed by atoms with van der Waals surface area (Å²) < 4.78 is 0. The second kappa shape index (κ2) is 5.19. The van der Waals surface area contributed by atoms with Crippen LogP contribution in [0.1, 0.15) is 65.2 Å². The van der Waals surface area contributed by atoms with E-state index in [1.807, 2.05) is 0 Å². The van der Waals surface area contributed by atoms with Crippen molar-refractivity contribution in [1.82, 2.24) is 0 Å². The molecule has 3 atom stereocenters. The Morgan fingerprint density at radius 1 is 1.19 bits per heavy atom. The Balaban J connectivity index is 1.92. The summed E-state index contributed by atoms with van der Waals surface area (Å²) in [5.74, 6) is 1.66. The first-order valence-corrected chi connectivity index (χ1v) is 8.21. The molecule has 0 aliphatic heterocycles. The van der Waals surface area contributed by atoms with Gasteiger partial charge in [-0.1, -0.05) is 12.5 Å². The lowest BCUT2D eigenvalue weighted by atomic mass is 9.58. The third kappa shape index (κ3) is 2.31. The summed E-state index contributed by atoms with van der Waals surface area (Å²) in [5.41, 5.74) is 2.08. The van der Waals surface area contributed by atoms with Gasteiger partial charge in [-0.3, -0.25) is 9.59 Å². The van der Waals surface area contributed by atoms with Crippen molar-refractivity contribution < 1.29 is 14.4 Å². The van der Waals surface area contributed by atoms with E-state index in [2.05, 4.69) is 6.92 Å². The van der Waals surface area contributed by atoms with Gasteiger partial charge in [-0.2, -0.15) is 0 Å². The molecule has 0 aromatic carbocycles. The zero-order valence-electron chi connectivity index (χ0n) is 13.0. The lowest BCUT2D eigenvalue weighted by molar-refractivity contribution is -0.128. The van der Waals surface area contributed by atoms with Gasteiger partial charge in [0.25, 0.3) is 0 Å². The maximum Gasteiger partial charge on any atom is 0.158 e. The van der Waals surface area contributed by atoms with Crippen LogP contribution in [0.5, 0.6) is 0 Å². The molecule has 3 nitrogen and oxygen atoms in total. The molecule has 0 aromatic rings. The lowest BCUT2D eigenvalue weighted by Crippen LogP contribution is -2.40. The second-order valence-electron chi connectivity index (χ2n) is 7.26. The Kier molecular flexibility index (Phi) is 3.62. The van der Waals surface area contributed by atoms with Crippen LogP contribution in [0.2, 0.25) is 0 Å². The minimum atomic E-state index is -0.153. The predicted octanol–water partition coefficient (Wildman–Crippen LogP) is 3.41. The average Bonchev–Trinajstić information content (AvgIpc) is 2.74. The van der Waals surface area contributed by atoms with E-state index in [0.29, 0.717) is 43.3 Å². The van der Waals surface area contributed by atoms with Crippen LogP contribution in [0, 0.1) is 17.3 Å². The molecule has 2 fully saturated rings. The normalized spacial score (nSPS) is 35.7. The topological polar surface area (TPSA) is 51.2 Å². The number of carbonyl (C=O) groups is 3. The van der Waals surface area contributed by atoms with E-state index in [9.17, 15) is 14.4 Å². The summed E-state index contributed by atoms with van der Waals surface area (Å²) in [6.07, 6.45) is 6.05. The molecule has 114 valence electrons. The Morgan fingerprint density at radius 2 is 1.95 bits per heavy atom. The van der Waals surface area contributed by atoms with Crippen molar-refractivity contribution in [2.45, 2.75) is 65.2 Å². The van der Waals surface area contributed by atoms with Gasteiger partial charge < -0.3 is 4.79 Å². The van der Waals surface area contributed by atoms with Gasteiger partial charge in [-0.05, 0) is 56.4 Å². The minimum absolute atomic E-state index is 0.148. The SMILES string of the molecule is CC(=O)CCC1=C2CC[C@]3(C)C(=O)CC[C@H]3C2CCC1=O. The van der Waals surface area contributed by atoms with Crippen molar-refractivity contribution >= 4 is 17.3 Å². The maximum atomic E-state index is 12.3. The van der Waals surface area contributed by atoms with Gasteiger partial charge in [0.15, 0.2) is 5.78 Å². The van der Waals surface area contributed by atoms with Crippen LogP contribution in [0.4, 0.5) is 0 Å². The molecule has 1 unspecified atom stereocenters. The quantitative estimate of drug-likeness (QED) is 0.799. The van der Waals surface area contributed by atoms with Crippen molar-refractivity contribution in [3.63, 3.8) is 0 Å². The van der Waals surface area contributed by atoms with Crippen LogP contribution >= 0.6 is 0 Å². The average molecular weight is 288 g/mol. The van der Waals surface area contributed by atoms with Crippen molar-refractivity contribution in [2.75, 3.05) is 0 Å². The van der Waals surface area contributed by atoms with Crippen LogP contribution in [0.15, 0.2) is 11.1 Å². The van der Waals surface area contributed by atoms with Crippen molar-refractivity contribution in [1.29, 1.82) is 0 Å². The van der Waals surface area contributed by atoms with E-state index in [-0.39, 0.29) is 17.0 Å². The Morgan fingerprint density at radius 3 is 2.67 bits per heavy atom. The summed E-state index contributed by atoms with van der Waals surface area (Å²) in [6.45, 7) is 3.72. The van der Waals surface area contributed by atoms with E-state index in [1.54, 1.807) is 6.92 Å². The summed E-state index contributed by atoms with van der Waals surface area (Å²) in [5, 5.41) is 0. The highest BCUT2D eigenvalue weighted by Gasteiger charge is 2.53. The fraction of sp³-hybridized carbons (Fsp3) is 0.722.